The van der Waals surface area contributed by atoms with Crippen LogP contribution in [-0.2, 0) is 23.4 Å². The summed E-state index contributed by atoms with van der Waals surface area (Å²) in [4.78, 5) is 38.3. The van der Waals surface area contributed by atoms with E-state index in [-0.39, 0.29) is 11.3 Å². The number of rotatable bonds is 10. The van der Waals surface area contributed by atoms with Crippen LogP contribution >= 0.6 is 7.75 Å². The number of nitrogens with one attached hydrogen (secondary N) is 2. The standard InChI is InChI=1S/C22H30N3O10P/c1-12(2)33-21(29)14(4)24-36(31,35-15-8-6-5-7-9-15)32-11-16-17(26)18(27)20(34-16)25-10-13(3)19(28)23-22(25)30/h5-10,12,14,16-18,20,26-27H,11H2,1-4H3,(H,24,31)(H,23,28,30)/t14-,16-,17?,18+,20-,36?/m0/s1/i11D2. The highest BCUT2D eigenvalue weighted by Crippen LogP contribution is 2.46. The molecule has 0 amide bonds. The average molecular weight is 529 g/mol. The van der Waals surface area contributed by atoms with Gasteiger partial charge in [-0.1, -0.05) is 18.2 Å². The summed E-state index contributed by atoms with van der Waals surface area (Å²) in [5.74, 6) is -0.814. The Hall–Kier alpha value is -2.80. The van der Waals surface area contributed by atoms with Crippen LogP contribution in [0.25, 0.3) is 0 Å². The molecule has 2 unspecified atom stereocenters. The highest BCUT2D eigenvalue weighted by molar-refractivity contribution is 7.52. The predicted octanol–water partition coefficient (Wildman–Crippen LogP) is 0.598. The summed E-state index contributed by atoms with van der Waals surface area (Å²) >= 11 is 0. The van der Waals surface area contributed by atoms with Crippen molar-refractivity contribution in [1.82, 2.24) is 14.6 Å². The highest BCUT2D eigenvalue weighted by atomic mass is 31.2. The van der Waals surface area contributed by atoms with Crippen LogP contribution in [-0.4, -0.2) is 62.8 Å². The minimum atomic E-state index is -4.75. The Bertz CT molecular complexity index is 1300. The van der Waals surface area contributed by atoms with Crippen molar-refractivity contribution >= 4 is 13.7 Å². The van der Waals surface area contributed by atoms with E-state index < -0.39 is 68.2 Å². The van der Waals surface area contributed by atoms with Crippen LogP contribution in [0.4, 0.5) is 0 Å². The van der Waals surface area contributed by atoms with Crippen LogP contribution in [0.5, 0.6) is 5.75 Å². The van der Waals surface area contributed by atoms with Crippen LogP contribution in [0.15, 0.2) is 46.1 Å². The third-order valence-electron chi connectivity index (χ3n) is 4.97. The number of aryl methyl sites for hydroxylation is 1. The number of nitrogens with zero attached hydrogens (tertiary/aromatic N) is 1. The monoisotopic (exact) mass is 529 g/mol. The predicted molar refractivity (Wildman–Crippen MR) is 126 cm³/mol. The molecule has 0 radical (unpaired) electrons. The Morgan fingerprint density at radius 1 is 1.25 bits per heavy atom. The van der Waals surface area contributed by atoms with Crippen LogP contribution in [0, 0.1) is 6.92 Å². The van der Waals surface area contributed by atoms with E-state index in [0.29, 0.717) is 0 Å². The summed E-state index contributed by atoms with van der Waals surface area (Å²) in [6.07, 6.45) is -6.85. The third-order valence-corrected chi connectivity index (χ3v) is 6.47. The molecule has 0 aliphatic carbocycles. The second-order valence-electron chi connectivity index (χ2n) is 8.35. The lowest BCUT2D eigenvalue weighted by Gasteiger charge is -2.25. The molecule has 13 nitrogen and oxygen atoms in total. The fraction of sp³-hybridized carbons (Fsp3) is 0.500. The maximum atomic E-state index is 13.7. The molecule has 4 N–H and O–H groups in total. The summed E-state index contributed by atoms with van der Waals surface area (Å²) < 4.78 is 52.5. The zero-order chi connectivity index (χ0) is 28.4. The molecular formula is C22H30N3O10P. The summed E-state index contributed by atoms with van der Waals surface area (Å²) in [5, 5.41) is 23.4. The zero-order valence-corrected chi connectivity index (χ0v) is 20.9. The van der Waals surface area contributed by atoms with E-state index in [4.69, 9.17) is 21.3 Å². The molecule has 2 aromatic rings. The van der Waals surface area contributed by atoms with Crippen molar-refractivity contribution in [3.8, 4) is 5.75 Å². The van der Waals surface area contributed by atoms with Crippen molar-refractivity contribution in [3.63, 3.8) is 0 Å². The number of hydrogen-bond donors (Lipinski definition) is 4. The van der Waals surface area contributed by atoms with Crippen molar-refractivity contribution in [2.45, 2.75) is 64.4 Å². The number of aromatic amines is 1. The van der Waals surface area contributed by atoms with Crippen molar-refractivity contribution in [1.29, 1.82) is 0 Å². The molecule has 14 heteroatoms. The lowest BCUT2D eigenvalue weighted by atomic mass is 10.1. The Morgan fingerprint density at radius 2 is 1.92 bits per heavy atom. The summed E-state index contributed by atoms with van der Waals surface area (Å²) in [6.45, 7) is 2.79. The van der Waals surface area contributed by atoms with Gasteiger partial charge in [-0.15, -0.1) is 0 Å². The lowest BCUT2D eigenvalue weighted by molar-refractivity contribution is -0.149. The number of esters is 1. The molecule has 1 aromatic carbocycles. The fourth-order valence-electron chi connectivity index (χ4n) is 3.20. The van der Waals surface area contributed by atoms with E-state index >= 15 is 0 Å². The van der Waals surface area contributed by atoms with Gasteiger partial charge in [0.05, 0.1) is 15.4 Å². The average Bonchev–Trinajstić information content (AvgIpc) is 3.11. The third kappa shape index (κ3) is 6.69. The van der Waals surface area contributed by atoms with Crippen molar-refractivity contribution in [2.75, 3.05) is 6.56 Å². The zero-order valence-electron chi connectivity index (χ0n) is 22.0. The maximum absolute atomic E-state index is 13.7. The van der Waals surface area contributed by atoms with E-state index in [1.165, 1.54) is 26.0 Å². The molecule has 1 saturated heterocycles. The molecule has 0 saturated carbocycles. The molecule has 3 rings (SSSR count). The van der Waals surface area contributed by atoms with E-state index in [1.807, 2.05) is 4.98 Å². The molecular weight excluding hydrogens is 497 g/mol. The number of carbonyl (C=O) groups is 1. The Labute approximate surface area is 209 Å². The quantitative estimate of drug-likeness (QED) is 0.250. The van der Waals surface area contributed by atoms with Gasteiger partial charge in [-0.3, -0.25) is 23.7 Å². The molecule has 6 atom stereocenters. The van der Waals surface area contributed by atoms with Gasteiger partial charge >= 0.3 is 19.4 Å². The SMILES string of the molecule is [2H]C([2H])(OP(=O)(N[C@@H](C)C(=O)OC(C)C)Oc1ccccc1)[C@@H]1O[C@H](n2cc(C)c(=O)[nH]c2=O)[C@H](O)C1O. The van der Waals surface area contributed by atoms with Crippen molar-refractivity contribution in [2.24, 2.45) is 0 Å². The van der Waals surface area contributed by atoms with Gasteiger partial charge in [0, 0.05) is 11.8 Å². The van der Waals surface area contributed by atoms with E-state index in [2.05, 4.69) is 5.09 Å². The molecule has 0 spiro atoms. The first-order valence-corrected chi connectivity index (χ1v) is 12.5. The molecule has 198 valence electrons. The number of carbonyl (C=O) groups excluding carboxylic acids is 1. The van der Waals surface area contributed by atoms with Gasteiger partial charge in [0.25, 0.3) is 5.56 Å². The van der Waals surface area contributed by atoms with Gasteiger partial charge in [-0.2, -0.15) is 5.09 Å². The molecule has 1 aliphatic rings. The number of aliphatic hydroxyl groups excluding tert-OH is 2. The number of aromatic nitrogens is 2. The number of aliphatic hydroxyl groups is 2. The van der Waals surface area contributed by atoms with Crippen LogP contribution in [0.2, 0.25) is 0 Å². The molecule has 1 aromatic heterocycles. The summed E-state index contributed by atoms with van der Waals surface area (Å²) in [6, 6.07) is 6.31. The van der Waals surface area contributed by atoms with Crippen molar-refractivity contribution < 1.29 is 40.8 Å². The van der Waals surface area contributed by atoms with Gasteiger partial charge in [0.15, 0.2) is 6.23 Å². The van der Waals surface area contributed by atoms with Crippen LogP contribution < -0.4 is 20.9 Å². The van der Waals surface area contributed by atoms with Crippen LogP contribution in [0.1, 0.15) is 35.3 Å². The topological polar surface area (TPSA) is 178 Å². The number of ether oxygens (including phenoxy) is 2. The van der Waals surface area contributed by atoms with E-state index in [1.54, 1.807) is 32.0 Å². The number of hydrogen-bond acceptors (Lipinski definition) is 10. The summed E-state index contributed by atoms with van der Waals surface area (Å²) in [7, 11) is -4.75. The Kier molecular flexibility index (Phi) is 7.95. The minimum absolute atomic E-state index is 0.00428. The van der Waals surface area contributed by atoms with E-state index in [0.717, 1.165) is 10.8 Å². The number of H-pyrrole nitrogens is 1. The van der Waals surface area contributed by atoms with Gasteiger partial charge in [0.1, 0.15) is 30.1 Å². The smallest absolute Gasteiger partial charge is 0.459 e. The van der Waals surface area contributed by atoms with Gasteiger partial charge in [0.2, 0.25) is 0 Å². The first-order valence-electron chi connectivity index (χ1n) is 12.0. The lowest BCUT2D eigenvalue weighted by Crippen LogP contribution is -2.39. The normalized spacial score (nSPS) is 25.5. The van der Waals surface area contributed by atoms with Gasteiger partial charge in [-0.05, 0) is 39.8 Å². The van der Waals surface area contributed by atoms with Crippen molar-refractivity contribution in [3.05, 3.63) is 62.9 Å². The number of benzene rings is 1. The fourth-order valence-corrected chi connectivity index (χ4v) is 4.56. The first-order chi connectivity index (χ1) is 17.6. The van der Waals surface area contributed by atoms with Gasteiger partial charge < -0.3 is 24.2 Å². The molecule has 0 bridgehead atoms. The minimum Gasteiger partial charge on any atom is -0.462 e. The molecule has 2 heterocycles. The number of para-hydroxylation sites is 1. The largest absolute Gasteiger partial charge is 0.462 e. The molecule has 36 heavy (non-hydrogen) atoms. The van der Waals surface area contributed by atoms with Gasteiger partial charge in [-0.25, -0.2) is 9.36 Å². The highest BCUT2D eigenvalue weighted by Gasteiger charge is 2.46. The second kappa shape index (κ2) is 11.5. The first kappa shape index (κ1) is 24.9. The Morgan fingerprint density at radius 3 is 2.56 bits per heavy atom. The molecule has 1 aliphatic heterocycles. The van der Waals surface area contributed by atoms with E-state index in [9.17, 15) is 29.2 Å². The van der Waals surface area contributed by atoms with Crippen LogP contribution in [0.3, 0.4) is 0 Å². The summed E-state index contributed by atoms with van der Waals surface area (Å²) in [5.41, 5.74) is -1.56. The Balaban J connectivity index is 1.90. The maximum Gasteiger partial charge on any atom is 0.459 e. The molecule has 1 fully saturated rings. The second-order valence-corrected chi connectivity index (χ2v) is 9.97.